The van der Waals surface area contributed by atoms with Crippen LogP contribution in [0.1, 0.15) is 18.9 Å². The summed E-state index contributed by atoms with van der Waals surface area (Å²) >= 11 is 6.00. The summed E-state index contributed by atoms with van der Waals surface area (Å²) in [5.74, 6) is -0.178. The quantitative estimate of drug-likeness (QED) is 0.305. The van der Waals surface area contributed by atoms with E-state index in [-0.39, 0.29) is 5.91 Å². The number of anilines is 1. The van der Waals surface area contributed by atoms with Crippen molar-refractivity contribution >= 4 is 45.9 Å². The number of morpholine rings is 1. The Morgan fingerprint density at radius 3 is 2.71 bits per heavy atom. The molecular formula is C29H34ClN5O3. The minimum absolute atomic E-state index is 0.178. The van der Waals surface area contributed by atoms with Crippen molar-refractivity contribution in [2.24, 2.45) is 5.10 Å². The third kappa shape index (κ3) is 6.17. The van der Waals surface area contributed by atoms with Crippen LogP contribution < -0.4 is 10.3 Å². The number of ether oxygens (including phenoxy) is 1. The number of carbonyl (C=O) groups is 1. The lowest BCUT2D eigenvalue weighted by Gasteiger charge is -2.26. The van der Waals surface area contributed by atoms with Gasteiger partial charge in [-0.05, 0) is 62.8 Å². The van der Waals surface area contributed by atoms with Crippen LogP contribution >= 0.6 is 11.6 Å². The van der Waals surface area contributed by atoms with Crippen molar-refractivity contribution in [2.75, 3.05) is 50.9 Å². The molecule has 0 bridgehead atoms. The van der Waals surface area contributed by atoms with Crippen molar-refractivity contribution in [1.29, 1.82) is 0 Å². The van der Waals surface area contributed by atoms with Gasteiger partial charge in [0.1, 0.15) is 0 Å². The van der Waals surface area contributed by atoms with Crippen molar-refractivity contribution in [3.63, 3.8) is 0 Å². The fourth-order valence-corrected chi connectivity index (χ4v) is 5.08. The summed E-state index contributed by atoms with van der Waals surface area (Å²) in [7, 11) is 0. The third-order valence-corrected chi connectivity index (χ3v) is 7.22. The second kappa shape index (κ2) is 12.2. The van der Waals surface area contributed by atoms with Gasteiger partial charge in [0.25, 0.3) is 5.91 Å². The van der Waals surface area contributed by atoms with Crippen molar-refractivity contribution in [3.05, 3.63) is 70.9 Å². The maximum Gasteiger partial charge on any atom is 0.280 e. The molecule has 2 aromatic carbocycles. The maximum absolute atomic E-state index is 13.2. The van der Waals surface area contributed by atoms with Crippen LogP contribution in [0.4, 0.5) is 5.69 Å². The predicted molar refractivity (Wildman–Crippen MR) is 153 cm³/mol. The number of carbonyl (C=O) groups excluding carboxylic acids is 1. The predicted octanol–water partition coefficient (Wildman–Crippen LogP) is 3.77. The number of aromatic nitrogens is 1. The fourth-order valence-electron chi connectivity index (χ4n) is 4.95. The van der Waals surface area contributed by atoms with E-state index in [9.17, 15) is 9.90 Å². The van der Waals surface area contributed by atoms with Crippen molar-refractivity contribution < 1.29 is 14.6 Å². The molecule has 0 radical (unpaired) electrons. The molecule has 8 nitrogen and oxygen atoms in total. The minimum Gasteiger partial charge on any atom is -0.390 e. The van der Waals surface area contributed by atoms with Crippen molar-refractivity contribution in [3.8, 4) is 0 Å². The molecule has 0 spiro atoms. The molecule has 9 heteroatoms. The first kappa shape index (κ1) is 26.6. The highest BCUT2D eigenvalue weighted by Gasteiger charge is 2.29. The molecule has 1 saturated heterocycles. The second-order valence-electron chi connectivity index (χ2n) is 9.76. The van der Waals surface area contributed by atoms with Gasteiger partial charge >= 0.3 is 0 Å². The zero-order valence-electron chi connectivity index (χ0n) is 21.6. The summed E-state index contributed by atoms with van der Waals surface area (Å²) in [6, 6.07) is 15.1. The zero-order chi connectivity index (χ0) is 26.5. The Morgan fingerprint density at radius 1 is 1.16 bits per heavy atom. The number of benzene rings is 2. The Kier molecular flexibility index (Phi) is 8.56. The highest BCUT2D eigenvalue weighted by molar-refractivity contribution is 6.33. The fraction of sp³-hybridized carbons (Fsp3) is 0.379. The van der Waals surface area contributed by atoms with Crippen LogP contribution in [-0.2, 0) is 16.1 Å². The molecular weight excluding hydrogens is 502 g/mol. The highest BCUT2D eigenvalue weighted by Crippen LogP contribution is 2.29. The van der Waals surface area contributed by atoms with Crippen LogP contribution in [0, 0.1) is 0 Å². The number of nitrogens with one attached hydrogen (secondary N) is 1. The molecule has 2 aliphatic heterocycles. The Morgan fingerprint density at radius 2 is 1.92 bits per heavy atom. The largest absolute Gasteiger partial charge is 0.390 e. The number of amides is 1. The van der Waals surface area contributed by atoms with Crippen LogP contribution in [0.5, 0.6) is 0 Å². The Labute approximate surface area is 228 Å². The van der Waals surface area contributed by atoms with E-state index in [2.05, 4.69) is 19.9 Å². The summed E-state index contributed by atoms with van der Waals surface area (Å²) in [4.78, 5) is 15.7. The first-order valence-corrected chi connectivity index (χ1v) is 13.5. The van der Waals surface area contributed by atoms with Crippen LogP contribution in [0.2, 0.25) is 5.02 Å². The van der Waals surface area contributed by atoms with E-state index in [1.54, 1.807) is 24.3 Å². The summed E-state index contributed by atoms with van der Waals surface area (Å²) < 4.78 is 7.46. The molecule has 38 heavy (non-hydrogen) atoms. The minimum atomic E-state index is -0.536. The van der Waals surface area contributed by atoms with E-state index in [0.717, 1.165) is 62.3 Å². The van der Waals surface area contributed by atoms with Crippen LogP contribution in [0.3, 0.4) is 0 Å². The SMILES string of the molecule is CC1=NN(c2ccc(Cl)cc2)C(=O)/C1=C/c1cn(CC(O)CNCCCN2CCOCC2)c2ccccc12. The highest BCUT2D eigenvalue weighted by atomic mass is 35.5. The van der Waals surface area contributed by atoms with Crippen LogP contribution in [0.25, 0.3) is 17.0 Å². The molecule has 1 unspecified atom stereocenters. The second-order valence-corrected chi connectivity index (χ2v) is 10.2. The molecule has 1 aromatic heterocycles. The van der Waals surface area contributed by atoms with Crippen LogP contribution in [-0.4, -0.2) is 78.2 Å². The van der Waals surface area contributed by atoms with Gasteiger partial charge in [0, 0.05) is 53.9 Å². The zero-order valence-corrected chi connectivity index (χ0v) is 22.4. The molecule has 1 amide bonds. The molecule has 3 heterocycles. The molecule has 0 aliphatic carbocycles. The molecule has 0 saturated carbocycles. The van der Waals surface area contributed by atoms with Gasteiger partial charge in [-0.25, -0.2) is 0 Å². The number of hydrogen-bond acceptors (Lipinski definition) is 6. The maximum atomic E-state index is 13.2. The molecule has 3 aromatic rings. The van der Waals surface area contributed by atoms with E-state index >= 15 is 0 Å². The molecule has 1 atom stereocenters. The Balaban J connectivity index is 1.24. The summed E-state index contributed by atoms with van der Waals surface area (Å²) in [5, 5.41) is 21.7. The number of halogens is 1. The number of aliphatic hydroxyl groups is 1. The van der Waals surface area contributed by atoms with E-state index in [0.29, 0.717) is 35.1 Å². The lowest BCUT2D eigenvalue weighted by atomic mass is 10.1. The Bertz CT molecular complexity index is 1330. The third-order valence-electron chi connectivity index (χ3n) is 6.97. The van der Waals surface area contributed by atoms with Crippen LogP contribution in [0.15, 0.2) is 65.4 Å². The lowest BCUT2D eigenvalue weighted by Crippen LogP contribution is -2.38. The smallest absolute Gasteiger partial charge is 0.280 e. The lowest BCUT2D eigenvalue weighted by molar-refractivity contribution is -0.114. The van der Waals surface area contributed by atoms with E-state index in [1.165, 1.54) is 5.01 Å². The topological polar surface area (TPSA) is 82.3 Å². The van der Waals surface area contributed by atoms with Gasteiger partial charge in [0.05, 0.1) is 36.3 Å². The average molecular weight is 536 g/mol. The number of aliphatic hydroxyl groups excluding tert-OH is 1. The van der Waals surface area contributed by atoms with Gasteiger partial charge in [-0.1, -0.05) is 29.8 Å². The van der Waals surface area contributed by atoms with Gasteiger partial charge in [0.2, 0.25) is 0 Å². The number of hydrogen-bond donors (Lipinski definition) is 2. The van der Waals surface area contributed by atoms with E-state index < -0.39 is 6.10 Å². The van der Waals surface area contributed by atoms with Gasteiger partial charge < -0.3 is 19.7 Å². The first-order valence-electron chi connectivity index (χ1n) is 13.1. The number of fused-ring (bicyclic) bond motifs is 1. The number of nitrogens with zero attached hydrogens (tertiary/aromatic N) is 4. The normalized spacial score (nSPS) is 18.5. The van der Waals surface area contributed by atoms with Crippen molar-refractivity contribution in [1.82, 2.24) is 14.8 Å². The van der Waals surface area contributed by atoms with E-state index in [4.69, 9.17) is 16.3 Å². The first-order chi connectivity index (χ1) is 18.5. The Hall–Kier alpha value is -3.01. The number of rotatable bonds is 10. The summed E-state index contributed by atoms with van der Waals surface area (Å²) in [6.07, 6.45) is 4.40. The molecule has 5 rings (SSSR count). The summed E-state index contributed by atoms with van der Waals surface area (Å²) in [5.41, 5.74) is 3.81. The standard InChI is InChI=1S/C29H34ClN5O3/c1-21-27(29(37)35(32-21)24-9-7-23(30)8-10-24)17-22-19-34(28-6-3-2-5-26(22)28)20-25(36)18-31-11-4-12-33-13-15-38-16-14-33/h2-3,5-10,17,19,25,31,36H,4,11-16,18,20H2,1H3/b27-17+. The number of hydrazone groups is 1. The van der Waals surface area contributed by atoms with Crippen molar-refractivity contribution in [2.45, 2.75) is 26.0 Å². The number of para-hydroxylation sites is 1. The van der Waals surface area contributed by atoms with Gasteiger partial charge in [0.15, 0.2) is 0 Å². The molecule has 2 aliphatic rings. The van der Waals surface area contributed by atoms with E-state index in [1.807, 2.05) is 43.5 Å². The van der Waals surface area contributed by atoms with Gasteiger partial charge in [-0.15, -0.1) is 0 Å². The van der Waals surface area contributed by atoms with Gasteiger partial charge in [-0.2, -0.15) is 10.1 Å². The molecule has 2 N–H and O–H groups in total. The summed E-state index contributed by atoms with van der Waals surface area (Å²) in [6.45, 7) is 8.35. The molecule has 1 fully saturated rings. The molecule has 200 valence electrons. The monoisotopic (exact) mass is 535 g/mol. The van der Waals surface area contributed by atoms with Gasteiger partial charge in [-0.3, -0.25) is 9.69 Å². The average Bonchev–Trinajstić information content (AvgIpc) is 3.41.